The van der Waals surface area contributed by atoms with E-state index >= 15 is 0 Å². The molecule has 1 aliphatic rings. The number of rotatable bonds is 7. The van der Waals surface area contributed by atoms with Crippen molar-refractivity contribution in [2.75, 3.05) is 23.3 Å². The van der Waals surface area contributed by atoms with Gasteiger partial charge in [0.25, 0.3) is 0 Å². The molecule has 1 N–H and O–H groups in total. The summed E-state index contributed by atoms with van der Waals surface area (Å²) in [6, 6.07) is 18.8. The van der Waals surface area contributed by atoms with E-state index in [4.69, 9.17) is 23.2 Å². The van der Waals surface area contributed by atoms with Crippen LogP contribution >= 0.6 is 23.2 Å². The van der Waals surface area contributed by atoms with Crippen LogP contribution in [0.3, 0.4) is 0 Å². The average Bonchev–Trinajstić information content (AvgIpc) is 3.57. The Hall–Kier alpha value is -4.67. The number of hydrogen-bond donors (Lipinski definition) is 1. The van der Waals surface area contributed by atoms with Crippen molar-refractivity contribution in [2.45, 2.75) is 12.5 Å². The Bertz CT molecular complexity index is 1820. The first kappa shape index (κ1) is 27.5. The van der Waals surface area contributed by atoms with Gasteiger partial charge in [-0.1, -0.05) is 53.5 Å². The number of hydrogen-bond acceptors (Lipinski definition) is 5. The van der Waals surface area contributed by atoms with Crippen LogP contribution in [0.25, 0.3) is 16.6 Å². The van der Waals surface area contributed by atoms with Gasteiger partial charge in [0.1, 0.15) is 19.1 Å². The predicted molar refractivity (Wildman–Crippen MR) is 161 cm³/mol. The number of amides is 3. The number of carbonyl (C=O) groups is 3. The zero-order valence-electron chi connectivity index (χ0n) is 22.4. The maximum Gasteiger partial charge on any atom is 0.247 e. The van der Waals surface area contributed by atoms with Gasteiger partial charge in [0.15, 0.2) is 0 Å². The predicted octanol–water partition coefficient (Wildman–Crippen LogP) is 4.49. The van der Waals surface area contributed by atoms with Gasteiger partial charge in [-0.05, 0) is 42.0 Å². The number of anilines is 2. The molecule has 10 nitrogen and oxygen atoms in total. The van der Waals surface area contributed by atoms with Crippen LogP contribution in [0.15, 0.2) is 85.3 Å². The number of benzene rings is 3. The molecule has 0 spiro atoms. The summed E-state index contributed by atoms with van der Waals surface area (Å²) in [4.78, 5) is 43.8. The molecular formula is C30H25Cl2N7O3. The fourth-order valence-corrected chi connectivity index (χ4v) is 5.41. The average molecular weight is 602 g/mol. The lowest BCUT2D eigenvalue weighted by molar-refractivity contribution is -0.143. The van der Waals surface area contributed by atoms with Crippen LogP contribution in [0.2, 0.25) is 10.0 Å². The van der Waals surface area contributed by atoms with Crippen molar-refractivity contribution in [3.63, 3.8) is 0 Å². The third-order valence-corrected chi connectivity index (χ3v) is 7.51. The summed E-state index contributed by atoms with van der Waals surface area (Å²) >= 11 is 12.4. The Morgan fingerprint density at radius 3 is 2.50 bits per heavy atom. The molecule has 1 aliphatic heterocycles. The Morgan fingerprint density at radius 1 is 0.929 bits per heavy atom. The number of aryl methyl sites for hydroxylation is 1. The van der Waals surface area contributed by atoms with E-state index in [9.17, 15) is 14.4 Å². The Balaban J connectivity index is 1.29. The maximum atomic E-state index is 13.8. The van der Waals surface area contributed by atoms with E-state index in [2.05, 4.69) is 15.5 Å². The molecule has 0 bridgehead atoms. The molecule has 6 rings (SSSR count). The molecule has 0 aliphatic carbocycles. The molecule has 0 radical (unpaired) electrons. The Kier molecular flexibility index (Phi) is 7.40. The molecule has 42 heavy (non-hydrogen) atoms. The second-order valence-electron chi connectivity index (χ2n) is 10.0. The van der Waals surface area contributed by atoms with Crippen molar-refractivity contribution >= 4 is 63.2 Å². The largest absolute Gasteiger partial charge is 0.324 e. The van der Waals surface area contributed by atoms with E-state index in [1.807, 2.05) is 55.7 Å². The highest BCUT2D eigenvalue weighted by molar-refractivity contribution is 6.31. The minimum atomic E-state index is -0.931. The summed E-state index contributed by atoms with van der Waals surface area (Å²) in [6.45, 7) is -0.571. The van der Waals surface area contributed by atoms with Crippen LogP contribution in [0.4, 0.5) is 11.4 Å². The highest BCUT2D eigenvalue weighted by atomic mass is 35.5. The third kappa shape index (κ3) is 5.59. The first-order valence-electron chi connectivity index (χ1n) is 13.1. The molecule has 212 valence electrons. The van der Waals surface area contributed by atoms with Gasteiger partial charge in [0.2, 0.25) is 17.7 Å². The van der Waals surface area contributed by atoms with Crippen LogP contribution in [0.5, 0.6) is 0 Å². The molecule has 0 saturated carbocycles. The van der Waals surface area contributed by atoms with Crippen molar-refractivity contribution in [3.05, 3.63) is 101 Å². The number of nitrogens with zero attached hydrogens (tertiary/aromatic N) is 6. The second-order valence-corrected chi connectivity index (χ2v) is 10.9. The van der Waals surface area contributed by atoms with E-state index in [-0.39, 0.29) is 31.3 Å². The van der Waals surface area contributed by atoms with Crippen molar-refractivity contribution in [2.24, 2.45) is 7.05 Å². The van der Waals surface area contributed by atoms with Crippen LogP contribution in [0, 0.1) is 0 Å². The number of fused-ring (bicyclic) bond motifs is 1. The van der Waals surface area contributed by atoms with Crippen molar-refractivity contribution < 1.29 is 14.4 Å². The molecule has 1 saturated heterocycles. The van der Waals surface area contributed by atoms with Crippen molar-refractivity contribution in [3.8, 4) is 5.69 Å². The smallest absolute Gasteiger partial charge is 0.247 e. The lowest BCUT2D eigenvalue weighted by Gasteiger charge is -2.38. The van der Waals surface area contributed by atoms with E-state index in [1.54, 1.807) is 35.1 Å². The van der Waals surface area contributed by atoms with Crippen molar-refractivity contribution in [1.29, 1.82) is 0 Å². The summed E-state index contributed by atoms with van der Waals surface area (Å²) < 4.78 is 3.22. The first-order chi connectivity index (χ1) is 20.2. The van der Waals surface area contributed by atoms with Gasteiger partial charge in [-0.2, -0.15) is 10.2 Å². The van der Waals surface area contributed by atoms with E-state index in [0.717, 1.165) is 16.5 Å². The molecule has 1 unspecified atom stereocenters. The molecular weight excluding hydrogens is 577 g/mol. The summed E-state index contributed by atoms with van der Waals surface area (Å²) in [5.74, 6) is -1.14. The molecule has 2 aromatic heterocycles. The van der Waals surface area contributed by atoms with Gasteiger partial charge >= 0.3 is 0 Å². The number of carbonyl (C=O) groups excluding carboxylic acids is 3. The first-order valence-corrected chi connectivity index (χ1v) is 13.9. The third-order valence-electron chi connectivity index (χ3n) is 7.08. The summed E-state index contributed by atoms with van der Waals surface area (Å²) in [5, 5.41) is 13.2. The SMILES string of the molecule is Cn1cc2cc(NC(=O)C(Cc3ccccc3)N3CC(=O)N(c4cc(Cl)ccc4-n4cc(Cl)cn4)CC3=O)ccc2n1. The number of aromatic nitrogens is 4. The topological polar surface area (TPSA) is 105 Å². The van der Waals surface area contributed by atoms with Crippen LogP contribution < -0.4 is 10.2 Å². The quantitative estimate of drug-likeness (QED) is 0.296. The highest BCUT2D eigenvalue weighted by Gasteiger charge is 2.39. The van der Waals surface area contributed by atoms with E-state index in [0.29, 0.717) is 27.1 Å². The Morgan fingerprint density at radius 2 is 1.74 bits per heavy atom. The molecule has 1 atom stereocenters. The molecule has 3 heterocycles. The number of halogens is 2. The van der Waals surface area contributed by atoms with Crippen LogP contribution in [-0.2, 0) is 27.9 Å². The molecule has 1 fully saturated rings. The monoisotopic (exact) mass is 601 g/mol. The van der Waals surface area contributed by atoms with Crippen LogP contribution in [-0.4, -0.2) is 61.3 Å². The minimum absolute atomic E-state index is 0.231. The van der Waals surface area contributed by atoms with E-state index in [1.165, 1.54) is 20.7 Å². The summed E-state index contributed by atoms with van der Waals surface area (Å²) in [5.41, 5.74) is 3.17. The zero-order valence-corrected chi connectivity index (χ0v) is 24.0. The van der Waals surface area contributed by atoms with Gasteiger partial charge < -0.3 is 10.2 Å². The minimum Gasteiger partial charge on any atom is -0.324 e. The highest BCUT2D eigenvalue weighted by Crippen LogP contribution is 2.31. The lowest BCUT2D eigenvalue weighted by atomic mass is 10.0. The normalized spacial score (nSPS) is 14.5. The Labute approximate surface area is 251 Å². The van der Waals surface area contributed by atoms with Gasteiger partial charge in [-0.25, -0.2) is 4.68 Å². The number of piperazine rings is 1. The van der Waals surface area contributed by atoms with Crippen molar-refractivity contribution in [1.82, 2.24) is 24.5 Å². The maximum absolute atomic E-state index is 13.8. The van der Waals surface area contributed by atoms with Gasteiger partial charge in [-0.15, -0.1) is 0 Å². The van der Waals surface area contributed by atoms with Gasteiger partial charge in [0.05, 0.1) is 28.1 Å². The fourth-order valence-electron chi connectivity index (χ4n) is 5.11. The number of nitrogens with one attached hydrogen (secondary N) is 1. The summed E-state index contributed by atoms with van der Waals surface area (Å²) in [6.07, 6.45) is 5.16. The van der Waals surface area contributed by atoms with Crippen LogP contribution in [0.1, 0.15) is 5.56 Å². The zero-order chi connectivity index (χ0) is 29.4. The fraction of sp³-hybridized carbons (Fsp3) is 0.167. The standard InChI is InChI=1S/C30H25Cl2N7O3/c1-36-15-20-12-23(8-9-24(20)35-36)34-30(42)27(11-19-5-3-2-4-6-19)38-18-28(40)37(17-29(38)41)26-13-21(31)7-10-25(26)39-16-22(32)14-33-39/h2-10,12-16,27H,11,17-18H2,1H3,(H,34,42). The summed E-state index contributed by atoms with van der Waals surface area (Å²) in [7, 11) is 1.83. The second kappa shape index (κ2) is 11.3. The molecule has 5 aromatic rings. The van der Waals surface area contributed by atoms with Gasteiger partial charge in [-0.3, -0.25) is 24.0 Å². The van der Waals surface area contributed by atoms with Gasteiger partial charge in [0, 0.05) is 42.0 Å². The lowest BCUT2D eigenvalue weighted by Crippen LogP contribution is -2.60. The molecule has 3 amide bonds. The van der Waals surface area contributed by atoms with E-state index < -0.39 is 11.9 Å². The molecule has 3 aromatic carbocycles. The molecule has 12 heteroatoms.